The molecular formula is C18H20FN3O3. The van der Waals surface area contributed by atoms with E-state index >= 15 is 0 Å². The molecule has 0 unspecified atom stereocenters. The number of anilines is 1. The maximum Gasteiger partial charge on any atom is 0.322 e. The Labute approximate surface area is 145 Å². The molecule has 1 saturated heterocycles. The third-order valence-electron chi connectivity index (χ3n) is 4.12. The van der Waals surface area contributed by atoms with Gasteiger partial charge in [0.1, 0.15) is 11.6 Å². The van der Waals surface area contributed by atoms with Crippen molar-refractivity contribution >= 4 is 11.7 Å². The quantitative estimate of drug-likeness (QED) is 0.891. The van der Waals surface area contributed by atoms with Gasteiger partial charge >= 0.3 is 6.03 Å². The molecule has 1 atom stereocenters. The lowest BCUT2D eigenvalue weighted by Crippen LogP contribution is -2.47. The first-order valence-corrected chi connectivity index (χ1v) is 8.23. The highest BCUT2D eigenvalue weighted by Crippen LogP contribution is 2.22. The second kappa shape index (κ2) is 7.94. The van der Waals surface area contributed by atoms with Crippen LogP contribution in [0.15, 0.2) is 42.6 Å². The predicted molar refractivity (Wildman–Crippen MR) is 91.2 cm³/mol. The number of pyridine rings is 1. The van der Waals surface area contributed by atoms with E-state index in [1.54, 1.807) is 17.0 Å². The van der Waals surface area contributed by atoms with E-state index in [0.717, 1.165) is 19.3 Å². The van der Waals surface area contributed by atoms with E-state index in [1.807, 2.05) is 0 Å². The minimum atomic E-state index is -0.336. The zero-order chi connectivity index (χ0) is 17.6. The summed E-state index contributed by atoms with van der Waals surface area (Å²) >= 11 is 0. The number of amides is 2. The van der Waals surface area contributed by atoms with Crippen molar-refractivity contribution in [3.05, 3.63) is 48.4 Å². The smallest absolute Gasteiger partial charge is 0.322 e. The third-order valence-corrected chi connectivity index (χ3v) is 4.12. The van der Waals surface area contributed by atoms with E-state index in [-0.39, 0.29) is 24.5 Å². The lowest BCUT2D eigenvalue weighted by Gasteiger charge is -2.34. The standard InChI is InChI=1S/C18H20FN3O3/c19-13-4-7-16(8-5-13)25-17-9-6-14(11-20-17)21-18(24)22-10-2-1-3-15(22)12-23/h4-9,11,15,23H,1-3,10,12H2,(H,21,24)/t15-/m1/s1. The number of rotatable bonds is 4. The number of piperidine rings is 1. The second-order valence-electron chi connectivity index (χ2n) is 5.90. The van der Waals surface area contributed by atoms with Crippen LogP contribution in [-0.4, -0.2) is 40.2 Å². The summed E-state index contributed by atoms with van der Waals surface area (Å²) in [6, 6.07) is 8.56. The maximum absolute atomic E-state index is 12.9. The number of nitrogens with one attached hydrogen (secondary N) is 1. The number of urea groups is 1. The van der Waals surface area contributed by atoms with Gasteiger partial charge in [-0.25, -0.2) is 14.2 Å². The third kappa shape index (κ3) is 4.45. The fraction of sp³-hybridized carbons (Fsp3) is 0.333. The van der Waals surface area contributed by atoms with Gasteiger partial charge in [0.05, 0.1) is 24.5 Å². The van der Waals surface area contributed by atoms with Crippen molar-refractivity contribution in [2.24, 2.45) is 0 Å². The average Bonchev–Trinajstić information content (AvgIpc) is 2.65. The SMILES string of the molecule is O=C(Nc1ccc(Oc2ccc(F)cc2)nc1)N1CCCC[C@@H]1CO. The molecule has 0 radical (unpaired) electrons. The van der Waals surface area contributed by atoms with Crippen LogP contribution in [0.25, 0.3) is 0 Å². The highest BCUT2D eigenvalue weighted by atomic mass is 19.1. The van der Waals surface area contributed by atoms with E-state index < -0.39 is 0 Å². The van der Waals surface area contributed by atoms with Gasteiger partial charge in [0.15, 0.2) is 0 Å². The molecule has 25 heavy (non-hydrogen) atoms. The van der Waals surface area contributed by atoms with E-state index in [4.69, 9.17) is 4.74 Å². The summed E-state index contributed by atoms with van der Waals surface area (Å²) in [5.74, 6) is 0.484. The number of aromatic nitrogens is 1. The van der Waals surface area contributed by atoms with Crippen LogP contribution in [0.5, 0.6) is 11.6 Å². The number of ether oxygens (including phenoxy) is 1. The van der Waals surface area contributed by atoms with Gasteiger partial charge in [-0.1, -0.05) is 0 Å². The molecule has 1 fully saturated rings. The maximum atomic E-state index is 12.9. The molecule has 1 aromatic heterocycles. The monoisotopic (exact) mass is 345 g/mol. The lowest BCUT2D eigenvalue weighted by atomic mass is 10.0. The van der Waals surface area contributed by atoms with Gasteiger partial charge < -0.3 is 20.1 Å². The number of aliphatic hydroxyl groups is 1. The summed E-state index contributed by atoms with van der Waals surface area (Å²) in [6.45, 7) is 0.604. The zero-order valence-electron chi connectivity index (χ0n) is 13.7. The Morgan fingerprint density at radius 2 is 2.08 bits per heavy atom. The van der Waals surface area contributed by atoms with Gasteiger partial charge in [0.2, 0.25) is 5.88 Å². The minimum absolute atomic E-state index is 0.0316. The average molecular weight is 345 g/mol. The Hall–Kier alpha value is -2.67. The number of nitrogens with zero attached hydrogens (tertiary/aromatic N) is 2. The molecular weight excluding hydrogens is 325 g/mol. The van der Waals surface area contributed by atoms with Gasteiger partial charge in [-0.2, -0.15) is 0 Å². The predicted octanol–water partition coefficient (Wildman–Crippen LogP) is 3.39. The molecule has 1 aromatic carbocycles. The van der Waals surface area contributed by atoms with Crippen molar-refractivity contribution in [3.8, 4) is 11.6 Å². The number of aliphatic hydroxyl groups excluding tert-OH is 1. The molecule has 0 bridgehead atoms. The first kappa shape index (κ1) is 17.2. The first-order valence-electron chi connectivity index (χ1n) is 8.23. The summed E-state index contributed by atoms with van der Waals surface area (Å²) < 4.78 is 18.4. The highest BCUT2D eigenvalue weighted by molar-refractivity contribution is 5.89. The van der Waals surface area contributed by atoms with Crippen molar-refractivity contribution in [1.29, 1.82) is 0 Å². The van der Waals surface area contributed by atoms with Crippen molar-refractivity contribution in [3.63, 3.8) is 0 Å². The second-order valence-corrected chi connectivity index (χ2v) is 5.90. The molecule has 1 aliphatic rings. The number of carbonyl (C=O) groups excluding carboxylic acids is 1. The number of benzene rings is 1. The van der Waals surface area contributed by atoms with E-state index in [1.165, 1.54) is 30.5 Å². The van der Waals surface area contributed by atoms with Crippen molar-refractivity contribution < 1.29 is 19.0 Å². The van der Waals surface area contributed by atoms with Crippen LogP contribution >= 0.6 is 0 Å². The Morgan fingerprint density at radius 1 is 1.28 bits per heavy atom. The Morgan fingerprint density at radius 3 is 2.76 bits per heavy atom. The van der Waals surface area contributed by atoms with Gasteiger partial charge in [-0.05, 0) is 49.6 Å². The van der Waals surface area contributed by atoms with Gasteiger partial charge in [-0.15, -0.1) is 0 Å². The summed E-state index contributed by atoms with van der Waals surface area (Å²) in [5.41, 5.74) is 0.540. The molecule has 3 rings (SSSR count). The lowest BCUT2D eigenvalue weighted by molar-refractivity contribution is 0.115. The molecule has 2 N–H and O–H groups in total. The molecule has 0 saturated carbocycles. The van der Waals surface area contributed by atoms with E-state index in [9.17, 15) is 14.3 Å². The van der Waals surface area contributed by atoms with Gasteiger partial charge in [-0.3, -0.25) is 0 Å². The van der Waals surface area contributed by atoms with Crippen LogP contribution in [-0.2, 0) is 0 Å². The summed E-state index contributed by atoms with van der Waals surface area (Å²) in [6.07, 6.45) is 4.26. The summed E-state index contributed by atoms with van der Waals surface area (Å²) in [7, 11) is 0. The highest BCUT2D eigenvalue weighted by Gasteiger charge is 2.26. The molecule has 6 nitrogen and oxygen atoms in total. The van der Waals surface area contributed by atoms with Crippen LogP contribution in [0.2, 0.25) is 0 Å². The van der Waals surface area contributed by atoms with Gasteiger partial charge in [0.25, 0.3) is 0 Å². The van der Waals surface area contributed by atoms with Crippen molar-refractivity contribution in [2.75, 3.05) is 18.5 Å². The summed E-state index contributed by atoms with van der Waals surface area (Å²) in [4.78, 5) is 18.1. The van der Waals surface area contributed by atoms with Crippen LogP contribution in [0, 0.1) is 5.82 Å². The normalized spacial score (nSPS) is 17.2. The molecule has 1 aliphatic heterocycles. The Bertz CT molecular complexity index is 707. The topological polar surface area (TPSA) is 74.7 Å². The van der Waals surface area contributed by atoms with Crippen molar-refractivity contribution in [1.82, 2.24) is 9.88 Å². The molecule has 132 valence electrons. The minimum Gasteiger partial charge on any atom is -0.439 e. The Kier molecular flexibility index (Phi) is 5.45. The number of hydrogen-bond acceptors (Lipinski definition) is 4. The largest absolute Gasteiger partial charge is 0.439 e. The van der Waals surface area contributed by atoms with Crippen LogP contribution in [0.3, 0.4) is 0 Å². The van der Waals surface area contributed by atoms with Crippen LogP contribution in [0.1, 0.15) is 19.3 Å². The molecule has 7 heteroatoms. The molecule has 0 spiro atoms. The number of halogens is 1. The number of likely N-dealkylation sites (tertiary alicyclic amines) is 1. The molecule has 2 amide bonds. The molecule has 0 aliphatic carbocycles. The molecule has 2 aromatic rings. The van der Waals surface area contributed by atoms with Crippen molar-refractivity contribution in [2.45, 2.75) is 25.3 Å². The van der Waals surface area contributed by atoms with E-state index in [2.05, 4.69) is 10.3 Å². The zero-order valence-corrected chi connectivity index (χ0v) is 13.7. The van der Waals surface area contributed by atoms with Crippen LogP contribution < -0.4 is 10.1 Å². The van der Waals surface area contributed by atoms with Crippen LogP contribution in [0.4, 0.5) is 14.9 Å². The molecule has 2 heterocycles. The fourth-order valence-corrected chi connectivity index (χ4v) is 2.79. The first-order chi connectivity index (χ1) is 12.2. The van der Waals surface area contributed by atoms with Gasteiger partial charge in [0, 0.05) is 12.6 Å². The Balaban J connectivity index is 1.60. The number of carbonyl (C=O) groups is 1. The summed E-state index contributed by atoms with van der Waals surface area (Å²) in [5, 5.41) is 12.2. The fourth-order valence-electron chi connectivity index (χ4n) is 2.79. The van der Waals surface area contributed by atoms with E-state index in [0.29, 0.717) is 23.9 Å². The number of hydrogen-bond donors (Lipinski definition) is 2.